The summed E-state index contributed by atoms with van der Waals surface area (Å²) >= 11 is 0. The Hall–Kier alpha value is -3.81. The van der Waals surface area contributed by atoms with E-state index in [0.717, 1.165) is 17.7 Å². The molecule has 5 nitrogen and oxygen atoms in total. The van der Waals surface area contributed by atoms with Crippen molar-refractivity contribution in [3.8, 4) is 5.75 Å². The first-order valence-electron chi connectivity index (χ1n) is 9.69. The topological polar surface area (TPSA) is 75.6 Å². The van der Waals surface area contributed by atoms with Gasteiger partial charge in [0.1, 0.15) is 18.4 Å². The van der Waals surface area contributed by atoms with Gasteiger partial charge in [-0.25, -0.2) is 4.79 Å². The highest BCUT2D eigenvalue weighted by atomic mass is 19.4. The first-order chi connectivity index (χ1) is 15.2. The van der Waals surface area contributed by atoms with Crippen molar-refractivity contribution in [2.75, 3.05) is 0 Å². The van der Waals surface area contributed by atoms with Gasteiger partial charge in [0, 0.05) is 12.0 Å². The maximum Gasteiger partial charge on any atom is 0.416 e. The summed E-state index contributed by atoms with van der Waals surface area (Å²) in [6.45, 7) is 0.332. The van der Waals surface area contributed by atoms with E-state index in [4.69, 9.17) is 4.74 Å². The second-order valence-electron chi connectivity index (χ2n) is 7.07. The molecule has 3 aromatic rings. The molecule has 166 valence electrons. The Labute approximate surface area is 182 Å². The van der Waals surface area contributed by atoms with E-state index in [1.54, 1.807) is 24.3 Å². The first-order valence-corrected chi connectivity index (χ1v) is 9.69. The van der Waals surface area contributed by atoms with Gasteiger partial charge in [-0.1, -0.05) is 48.5 Å². The maximum atomic E-state index is 12.9. The molecule has 0 saturated heterocycles. The number of carboxylic acid groups (broad SMARTS) is 1. The van der Waals surface area contributed by atoms with E-state index in [9.17, 15) is 27.9 Å². The fraction of sp³-hybridized carbons (Fsp3) is 0.167. The van der Waals surface area contributed by atoms with Crippen LogP contribution in [0.2, 0.25) is 0 Å². The van der Waals surface area contributed by atoms with Gasteiger partial charge in [0.25, 0.3) is 5.91 Å². The van der Waals surface area contributed by atoms with Crippen LogP contribution in [-0.4, -0.2) is 23.0 Å². The van der Waals surface area contributed by atoms with Gasteiger partial charge in [0.05, 0.1) is 5.56 Å². The van der Waals surface area contributed by atoms with Gasteiger partial charge in [-0.2, -0.15) is 13.2 Å². The lowest BCUT2D eigenvalue weighted by molar-refractivity contribution is -0.139. The minimum atomic E-state index is -4.61. The molecule has 0 aliphatic heterocycles. The molecule has 0 aliphatic rings. The lowest BCUT2D eigenvalue weighted by atomic mass is 10.0. The third-order valence-corrected chi connectivity index (χ3v) is 4.64. The number of nitrogens with one attached hydrogen (secondary N) is 1. The highest BCUT2D eigenvalue weighted by Gasteiger charge is 2.31. The van der Waals surface area contributed by atoms with Crippen LogP contribution in [0.15, 0.2) is 78.9 Å². The van der Waals surface area contributed by atoms with Crippen molar-refractivity contribution in [3.63, 3.8) is 0 Å². The lowest BCUT2D eigenvalue weighted by Crippen LogP contribution is -2.42. The van der Waals surface area contributed by atoms with E-state index in [2.05, 4.69) is 5.32 Å². The highest BCUT2D eigenvalue weighted by molar-refractivity contribution is 5.96. The zero-order valence-electron chi connectivity index (χ0n) is 16.8. The van der Waals surface area contributed by atoms with Gasteiger partial charge in [-0.3, -0.25) is 4.79 Å². The smallest absolute Gasteiger partial charge is 0.416 e. The van der Waals surface area contributed by atoms with Crippen LogP contribution >= 0.6 is 0 Å². The fourth-order valence-electron chi connectivity index (χ4n) is 3.02. The molecule has 0 heterocycles. The molecule has 0 unspecified atom stereocenters. The number of alkyl halides is 3. The Kier molecular flexibility index (Phi) is 7.14. The zero-order valence-corrected chi connectivity index (χ0v) is 16.8. The van der Waals surface area contributed by atoms with Crippen LogP contribution in [-0.2, 0) is 24.0 Å². The van der Waals surface area contributed by atoms with E-state index in [1.807, 2.05) is 30.3 Å². The summed E-state index contributed by atoms with van der Waals surface area (Å²) in [6, 6.07) is 18.7. The van der Waals surface area contributed by atoms with E-state index in [1.165, 1.54) is 6.07 Å². The van der Waals surface area contributed by atoms with Crippen molar-refractivity contribution in [2.24, 2.45) is 0 Å². The molecule has 0 aliphatic carbocycles. The quantitative estimate of drug-likeness (QED) is 0.529. The number of carbonyl (C=O) groups excluding carboxylic acids is 1. The normalized spacial score (nSPS) is 12.1. The van der Waals surface area contributed by atoms with E-state index < -0.39 is 29.7 Å². The summed E-state index contributed by atoms with van der Waals surface area (Å²) in [6.07, 6.45) is -4.68. The van der Waals surface area contributed by atoms with Crippen LogP contribution in [0.25, 0.3) is 0 Å². The molecule has 3 aromatic carbocycles. The van der Waals surface area contributed by atoms with Gasteiger partial charge in [0.15, 0.2) is 0 Å². The summed E-state index contributed by atoms with van der Waals surface area (Å²) in [4.78, 5) is 24.1. The maximum absolute atomic E-state index is 12.9. The first kappa shape index (κ1) is 22.9. The number of halogens is 3. The number of carboxylic acids is 1. The predicted octanol–water partition coefficient (Wildman–Crippen LogP) is 4.71. The van der Waals surface area contributed by atoms with Gasteiger partial charge in [0.2, 0.25) is 0 Å². The number of ether oxygens (including phenoxy) is 1. The standard InChI is InChI=1S/C24H20F3NO4/c25-24(26,27)19-10-5-9-18(14-19)22(29)28-21(23(30)31)13-17-8-4-11-20(12-17)32-15-16-6-2-1-3-7-16/h1-12,14,21H,13,15H2,(H,28,29)(H,30,31)/t21-/m0/s1. The van der Waals surface area contributed by atoms with Gasteiger partial charge < -0.3 is 15.2 Å². The molecule has 1 amide bonds. The summed E-state index contributed by atoms with van der Waals surface area (Å²) in [5, 5.41) is 11.8. The van der Waals surface area contributed by atoms with Crippen molar-refractivity contribution in [2.45, 2.75) is 25.2 Å². The number of carbonyl (C=O) groups is 2. The molecular weight excluding hydrogens is 423 g/mol. The van der Waals surface area contributed by atoms with Crippen molar-refractivity contribution in [1.82, 2.24) is 5.32 Å². The molecule has 0 radical (unpaired) electrons. The zero-order chi connectivity index (χ0) is 23.1. The number of aliphatic carboxylic acids is 1. The monoisotopic (exact) mass is 443 g/mol. The minimum Gasteiger partial charge on any atom is -0.489 e. The predicted molar refractivity (Wildman–Crippen MR) is 111 cm³/mol. The van der Waals surface area contributed by atoms with E-state index in [-0.39, 0.29) is 12.0 Å². The number of amides is 1. The van der Waals surface area contributed by atoms with Gasteiger partial charge in [-0.15, -0.1) is 0 Å². The van der Waals surface area contributed by atoms with Crippen molar-refractivity contribution in [1.29, 1.82) is 0 Å². The Morgan fingerprint density at radius 1 is 0.906 bits per heavy atom. The highest BCUT2D eigenvalue weighted by Crippen LogP contribution is 2.29. The lowest BCUT2D eigenvalue weighted by Gasteiger charge is -2.16. The molecule has 0 saturated carbocycles. The third-order valence-electron chi connectivity index (χ3n) is 4.64. The van der Waals surface area contributed by atoms with Crippen LogP contribution in [0.5, 0.6) is 5.75 Å². The SMILES string of the molecule is O=C(N[C@@H](Cc1cccc(OCc2ccccc2)c1)C(=O)O)c1cccc(C(F)(F)F)c1. The molecule has 32 heavy (non-hydrogen) atoms. The molecule has 1 atom stereocenters. The van der Waals surface area contributed by atoms with Crippen LogP contribution in [0.4, 0.5) is 13.2 Å². The number of rotatable bonds is 8. The second kappa shape index (κ2) is 10.00. The molecule has 0 fully saturated rings. The average Bonchev–Trinajstić information content (AvgIpc) is 2.77. The number of benzene rings is 3. The second-order valence-corrected chi connectivity index (χ2v) is 7.07. The van der Waals surface area contributed by atoms with Gasteiger partial charge >= 0.3 is 12.1 Å². The Morgan fingerprint density at radius 3 is 2.28 bits per heavy atom. The molecule has 0 spiro atoms. The third kappa shape index (κ3) is 6.34. The molecule has 8 heteroatoms. The number of hydrogen-bond donors (Lipinski definition) is 2. The Balaban J connectivity index is 1.68. The molecule has 2 N–H and O–H groups in total. The van der Waals surface area contributed by atoms with Crippen LogP contribution in [0, 0.1) is 0 Å². The van der Waals surface area contributed by atoms with E-state index >= 15 is 0 Å². The van der Waals surface area contributed by atoms with Crippen molar-refractivity contribution < 1.29 is 32.6 Å². The van der Waals surface area contributed by atoms with Gasteiger partial charge in [-0.05, 0) is 41.5 Å². The van der Waals surface area contributed by atoms with Crippen molar-refractivity contribution in [3.05, 3.63) is 101 Å². The average molecular weight is 443 g/mol. The number of hydrogen-bond acceptors (Lipinski definition) is 3. The van der Waals surface area contributed by atoms with Crippen LogP contribution in [0.3, 0.4) is 0 Å². The Bertz CT molecular complexity index is 1080. The largest absolute Gasteiger partial charge is 0.489 e. The summed E-state index contributed by atoms with van der Waals surface area (Å²) in [5.74, 6) is -1.68. The molecule has 0 bridgehead atoms. The fourth-order valence-corrected chi connectivity index (χ4v) is 3.02. The summed E-state index contributed by atoms with van der Waals surface area (Å²) < 4.78 is 44.4. The molecule has 3 rings (SSSR count). The summed E-state index contributed by atoms with van der Waals surface area (Å²) in [5.41, 5.74) is 0.299. The molecule has 0 aromatic heterocycles. The summed E-state index contributed by atoms with van der Waals surface area (Å²) in [7, 11) is 0. The molecular formula is C24H20F3NO4. The van der Waals surface area contributed by atoms with Crippen LogP contribution in [0.1, 0.15) is 27.0 Å². The minimum absolute atomic E-state index is 0.0669. The Morgan fingerprint density at radius 2 is 1.59 bits per heavy atom. The van der Waals surface area contributed by atoms with Crippen LogP contribution < -0.4 is 10.1 Å². The van der Waals surface area contributed by atoms with Crippen molar-refractivity contribution >= 4 is 11.9 Å². The van der Waals surface area contributed by atoms with E-state index in [0.29, 0.717) is 24.0 Å².